The average Bonchev–Trinajstić information content (AvgIpc) is 2.89. The van der Waals surface area contributed by atoms with Crippen LogP contribution in [0.25, 0.3) is 10.9 Å². The Kier molecular flexibility index (Phi) is 5.39. The molecule has 2 aromatic rings. The number of hydrogen-bond acceptors (Lipinski definition) is 2. The quantitative estimate of drug-likeness (QED) is 0.850. The predicted molar refractivity (Wildman–Crippen MR) is 87.7 cm³/mol. The van der Waals surface area contributed by atoms with Crippen LogP contribution in [0, 0.1) is 0 Å². The second-order valence-electron chi connectivity index (χ2n) is 5.72. The molecule has 0 atom stereocenters. The van der Waals surface area contributed by atoms with Gasteiger partial charge in [0.2, 0.25) is 0 Å². The summed E-state index contributed by atoms with van der Waals surface area (Å²) in [6.45, 7) is 4.72. The summed E-state index contributed by atoms with van der Waals surface area (Å²) in [4.78, 5) is 20.0. The number of aromatic amines is 1. The average molecular weight is 287 g/mol. The molecule has 2 rings (SSSR count). The number of nitrogens with zero attached hydrogens (tertiary/aromatic N) is 2. The maximum atomic E-state index is 12.7. The van der Waals surface area contributed by atoms with Gasteiger partial charge < -0.3 is 14.8 Å². The summed E-state index contributed by atoms with van der Waals surface area (Å²) in [7, 11) is 4.12. The van der Waals surface area contributed by atoms with E-state index in [0.717, 1.165) is 43.4 Å². The Morgan fingerprint density at radius 3 is 2.57 bits per heavy atom. The van der Waals surface area contributed by atoms with Crippen LogP contribution in [0.15, 0.2) is 30.3 Å². The molecule has 21 heavy (non-hydrogen) atoms. The van der Waals surface area contributed by atoms with E-state index in [1.54, 1.807) is 0 Å². The lowest BCUT2D eigenvalue weighted by atomic mass is 10.2. The van der Waals surface area contributed by atoms with Gasteiger partial charge >= 0.3 is 0 Å². The van der Waals surface area contributed by atoms with Crippen molar-refractivity contribution in [1.82, 2.24) is 14.8 Å². The molecule has 1 heterocycles. The van der Waals surface area contributed by atoms with E-state index in [1.807, 2.05) is 35.2 Å². The van der Waals surface area contributed by atoms with E-state index in [4.69, 9.17) is 0 Å². The number of aromatic nitrogens is 1. The van der Waals surface area contributed by atoms with Crippen LogP contribution >= 0.6 is 0 Å². The van der Waals surface area contributed by atoms with Crippen molar-refractivity contribution in [2.75, 3.05) is 33.7 Å². The van der Waals surface area contributed by atoms with Crippen LogP contribution in [0.1, 0.15) is 30.3 Å². The Balaban J connectivity index is 2.09. The lowest BCUT2D eigenvalue weighted by molar-refractivity contribution is 0.0745. The van der Waals surface area contributed by atoms with Crippen LogP contribution in [0.4, 0.5) is 0 Å². The van der Waals surface area contributed by atoms with Gasteiger partial charge in [0, 0.05) is 24.0 Å². The topological polar surface area (TPSA) is 39.3 Å². The van der Waals surface area contributed by atoms with Crippen LogP contribution in [-0.2, 0) is 0 Å². The van der Waals surface area contributed by atoms with Gasteiger partial charge in [0.1, 0.15) is 5.69 Å². The summed E-state index contributed by atoms with van der Waals surface area (Å²) in [5.41, 5.74) is 1.71. The number of hydrogen-bond donors (Lipinski definition) is 1. The van der Waals surface area contributed by atoms with Gasteiger partial charge in [0.15, 0.2) is 0 Å². The first-order valence-electron chi connectivity index (χ1n) is 7.63. The monoisotopic (exact) mass is 287 g/mol. The van der Waals surface area contributed by atoms with Crippen molar-refractivity contribution in [2.45, 2.75) is 19.8 Å². The summed E-state index contributed by atoms with van der Waals surface area (Å²) in [6.07, 6.45) is 1.98. The standard InChI is InChI=1S/C17H25N3O/c1-4-10-20(12-7-11-19(2)3)17(21)16-13-14-8-5-6-9-15(14)18-16/h5-6,8-9,13,18H,4,7,10-12H2,1-3H3. The Hall–Kier alpha value is -1.81. The number of carbonyl (C=O) groups is 1. The zero-order valence-corrected chi connectivity index (χ0v) is 13.2. The van der Waals surface area contributed by atoms with E-state index >= 15 is 0 Å². The zero-order valence-electron chi connectivity index (χ0n) is 13.2. The highest BCUT2D eigenvalue weighted by atomic mass is 16.2. The molecule has 0 spiro atoms. The van der Waals surface area contributed by atoms with Crippen molar-refractivity contribution >= 4 is 16.8 Å². The van der Waals surface area contributed by atoms with Gasteiger partial charge in [-0.2, -0.15) is 0 Å². The molecule has 0 radical (unpaired) electrons. The van der Waals surface area contributed by atoms with Crippen molar-refractivity contribution in [3.05, 3.63) is 36.0 Å². The number of rotatable bonds is 7. The molecule has 1 aromatic carbocycles. The molecule has 1 aromatic heterocycles. The maximum Gasteiger partial charge on any atom is 0.270 e. The van der Waals surface area contributed by atoms with E-state index in [9.17, 15) is 4.79 Å². The fourth-order valence-electron chi connectivity index (χ4n) is 2.52. The molecule has 0 bridgehead atoms. The van der Waals surface area contributed by atoms with Crippen molar-refractivity contribution < 1.29 is 4.79 Å². The molecule has 0 saturated heterocycles. The van der Waals surface area contributed by atoms with Crippen molar-refractivity contribution in [1.29, 1.82) is 0 Å². The first kappa shape index (κ1) is 15.6. The minimum atomic E-state index is 0.104. The lowest BCUT2D eigenvalue weighted by Crippen LogP contribution is -2.34. The Labute approximate surface area is 126 Å². The van der Waals surface area contributed by atoms with Gasteiger partial charge in [-0.1, -0.05) is 25.1 Å². The molecule has 0 aliphatic heterocycles. The van der Waals surface area contributed by atoms with E-state index in [1.165, 1.54) is 0 Å². The second kappa shape index (κ2) is 7.27. The Morgan fingerprint density at radius 1 is 1.14 bits per heavy atom. The SMILES string of the molecule is CCCN(CCCN(C)C)C(=O)c1cc2ccccc2[nH]1. The number of nitrogens with one attached hydrogen (secondary N) is 1. The molecule has 1 N–H and O–H groups in total. The number of carbonyl (C=O) groups excluding carboxylic acids is 1. The molecule has 0 unspecified atom stereocenters. The summed E-state index contributed by atoms with van der Waals surface area (Å²) in [5.74, 6) is 0.104. The van der Waals surface area contributed by atoms with Crippen molar-refractivity contribution in [3.63, 3.8) is 0 Å². The molecule has 1 amide bonds. The number of amides is 1. The Bertz CT molecular complexity index is 555. The van der Waals surface area contributed by atoms with Crippen LogP contribution in [0.2, 0.25) is 0 Å². The fraction of sp³-hybridized carbons (Fsp3) is 0.471. The van der Waals surface area contributed by atoms with Gasteiger partial charge in [-0.25, -0.2) is 0 Å². The third kappa shape index (κ3) is 4.08. The zero-order chi connectivity index (χ0) is 15.2. The fourth-order valence-corrected chi connectivity index (χ4v) is 2.52. The van der Waals surface area contributed by atoms with E-state index in [2.05, 4.69) is 30.9 Å². The van der Waals surface area contributed by atoms with E-state index < -0.39 is 0 Å². The smallest absolute Gasteiger partial charge is 0.270 e. The first-order chi connectivity index (χ1) is 10.1. The lowest BCUT2D eigenvalue weighted by Gasteiger charge is -2.22. The number of para-hydroxylation sites is 1. The van der Waals surface area contributed by atoms with Crippen LogP contribution in [-0.4, -0.2) is 54.4 Å². The predicted octanol–water partition coefficient (Wildman–Crippen LogP) is 2.97. The molecular formula is C17H25N3O. The third-order valence-electron chi connectivity index (χ3n) is 3.57. The summed E-state index contributed by atoms with van der Waals surface area (Å²) in [5, 5.41) is 1.09. The number of benzene rings is 1. The summed E-state index contributed by atoms with van der Waals surface area (Å²) in [6, 6.07) is 9.95. The van der Waals surface area contributed by atoms with Crippen LogP contribution in [0.5, 0.6) is 0 Å². The summed E-state index contributed by atoms with van der Waals surface area (Å²) >= 11 is 0. The Morgan fingerprint density at radius 2 is 1.90 bits per heavy atom. The van der Waals surface area contributed by atoms with E-state index in [-0.39, 0.29) is 5.91 Å². The first-order valence-corrected chi connectivity index (χ1v) is 7.63. The van der Waals surface area contributed by atoms with E-state index in [0.29, 0.717) is 5.69 Å². The largest absolute Gasteiger partial charge is 0.351 e. The molecule has 0 aliphatic rings. The van der Waals surface area contributed by atoms with Gasteiger partial charge in [-0.05, 0) is 45.6 Å². The highest BCUT2D eigenvalue weighted by Crippen LogP contribution is 2.16. The maximum absolute atomic E-state index is 12.7. The normalized spacial score (nSPS) is 11.2. The number of fused-ring (bicyclic) bond motifs is 1. The third-order valence-corrected chi connectivity index (χ3v) is 3.57. The summed E-state index contributed by atoms with van der Waals surface area (Å²) < 4.78 is 0. The second-order valence-corrected chi connectivity index (χ2v) is 5.72. The molecule has 4 nitrogen and oxygen atoms in total. The minimum absolute atomic E-state index is 0.104. The highest BCUT2D eigenvalue weighted by Gasteiger charge is 2.16. The van der Waals surface area contributed by atoms with Gasteiger partial charge in [0.05, 0.1) is 0 Å². The van der Waals surface area contributed by atoms with Crippen molar-refractivity contribution in [3.8, 4) is 0 Å². The van der Waals surface area contributed by atoms with Gasteiger partial charge in [-0.3, -0.25) is 4.79 Å². The number of H-pyrrole nitrogens is 1. The van der Waals surface area contributed by atoms with Crippen molar-refractivity contribution in [2.24, 2.45) is 0 Å². The minimum Gasteiger partial charge on any atom is -0.351 e. The van der Waals surface area contributed by atoms with Crippen LogP contribution < -0.4 is 0 Å². The molecule has 4 heteroatoms. The van der Waals surface area contributed by atoms with Gasteiger partial charge in [-0.15, -0.1) is 0 Å². The highest BCUT2D eigenvalue weighted by molar-refractivity contribution is 5.98. The molecule has 0 saturated carbocycles. The molecular weight excluding hydrogens is 262 g/mol. The molecule has 114 valence electrons. The van der Waals surface area contributed by atoms with Crippen LogP contribution in [0.3, 0.4) is 0 Å². The molecule has 0 aliphatic carbocycles. The van der Waals surface area contributed by atoms with Gasteiger partial charge in [0.25, 0.3) is 5.91 Å². The molecule has 0 fully saturated rings.